The van der Waals surface area contributed by atoms with Crippen LogP contribution in [0.25, 0.3) is 16.8 Å². The van der Waals surface area contributed by atoms with E-state index in [2.05, 4.69) is 5.10 Å². The van der Waals surface area contributed by atoms with Crippen LogP contribution in [0.1, 0.15) is 43.7 Å². The Morgan fingerprint density at radius 1 is 1.35 bits per heavy atom. The molecule has 3 aromatic rings. The summed E-state index contributed by atoms with van der Waals surface area (Å²) in [5.74, 6) is 0.481. The zero-order valence-electron chi connectivity index (χ0n) is 14.8. The molecule has 0 amide bonds. The molecule has 0 unspecified atom stereocenters. The van der Waals surface area contributed by atoms with Gasteiger partial charge in [-0.2, -0.15) is 9.61 Å². The molecule has 0 bridgehead atoms. The number of nitrogens with zero attached hydrogens (tertiary/aromatic N) is 4. The topological polar surface area (TPSA) is 98.4 Å². The summed E-state index contributed by atoms with van der Waals surface area (Å²) in [4.78, 5) is 15.8. The van der Waals surface area contributed by atoms with E-state index >= 15 is 0 Å². The Labute approximate surface area is 151 Å². The van der Waals surface area contributed by atoms with Gasteiger partial charge < -0.3 is 15.4 Å². The van der Waals surface area contributed by atoms with E-state index in [4.69, 9.17) is 15.8 Å². The van der Waals surface area contributed by atoms with Gasteiger partial charge in [0.05, 0.1) is 6.20 Å². The molecule has 1 aliphatic rings. The van der Waals surface area contributed by atoms with Crippen molar-refractivity contribution in [1.29, 1.82) is 0 Å². The standard InChI is InChI=1S/C19H23N5O2/c1-23-7-6-14(11-23)15-10-21-24-17(20)9-16(22-19(15)24)13-4-2-12(3-5-13)8-18(25)26/h6-7,9-13H,2-5,8,20H2,1H3,(H,25,26). The number of aliphatic carboxylic acids is 1. The Kier molecular flexibility index (Phi) is 4.14. The minimum absolute atomic E-state index is 0.266. The molecule has 0 spiro atoms. The normalized spacial score (nSPS) is 20.5. The molecule has 0 saturated heterocycles. The Morgan fingerprint density at radius 3 is 2.77 bits per heavy atom. The number of carbonyl (C=O) groups is 1. The van der Waals surface area contributed by atoms with E-state index in [1.807, 2.05) is 42.3 Å². The van der Waals surface area contributed by atoms with Gasteiger partial charge in [-0.25, -0.2) is 4.98 Å². The number of aromatic nitrogens is 4. The van der Waals surface area contributed by atoms with Gasteiger partial charge in [0.15, 0.2) is 5.65 Å². The third kappa shape index (κ3) is 3.05. The zero-order chi connectivity index (χ0) is 18.3. The Balaban J connectivity index is 1.64. The van der Waals surface area contributed by atoms with Gasteiger partial charge in [0.2, 0.25) is 0 Å². The molecule has 1 aliphatic carbocycles. The third-order valence-electron chi connectivity index (χ3n) is 5.39. The predicted octanol–water partition coefficient (Wildman–Crippen LogP) is 3.07. The summed E-state index contributed by atoms with van der Waals surface area (Å²) < 4.78 is 3.68. The lowest BCUT2D eigenvalue weighted by Gasteiger charge is -2.27. The quantitative estimate of drug-likeness (QED) is 0.751. The maximum atomic E-state index is 10.9. The van der Waals surface area contributed by atoms with E-state index in [1.165, 1.54) is 0 Å². The van der Waals surface area contributed by atoms with Crippen molar-refractivity contribution in [1.82, 2.24) is 19.2 Å². The zero-order valence-corrected chi connectivity index (χ0v) is 14.8. The maximum Gasteiger partial charge on any atom is 0.303 e. The molecule has 3 aromatic heterocycles. The van der Waals surface area contributed by atoms with Gasteiger partial charge in [-0.3, -0.25) is 4.79 Å². The highest BCUT2D eigenvalue weighted by Gasteiger charge is 2.26. The molecule has 0 radical (unpaired) electrons. The van der Waals surface area contributed by atoms with E-state index < -0.39 is 5.97 Å². The number of carboxylic acid groups (broad SMARTS) is 1. The van der Waals surface area contributed by atoms with Gasteiger partial charge in [-0.05, 0) is 37.7 Å². The highest BCUT2D eigenvalue weighted by atomic mass is 16.4. The van der Waals surface area contributed by atoms with Crippen LogP contribution in [0.15, 0.2) is 30.7 Å². The molecule has 4 rings (SSSR count). The maximum absolute atomic E-state index is 10.9. The molecule has 0 aliphatic heterocycles. The first kappa shape index (κ1) is 16.6. The SMILES string of the molecule is Cn1ccc(-c2cnn3c(N)cc(C4CCC(CC(=O)O)CC4)nc23)c1. The van der Waals surface area contributed by atoms with Crippen molar-refractivity contribution in [3.63, 3.8) is 0 Å². The Morgan fingerprint density at radius 2 is 2.12 bits per heavy atom. The number of aryl methyl sites for hydroxylation is 1. The first-order valence-corrected chi connectivity index (χ1v) is 8.99. The second-order valence-electron chi connectivity index (χ2n) is 7.28. The van der Waals surface area contributed by atoms with Crippen LogP contribution in [0.4, 0.5) is 5.82 Å². The Hall–Kier alpha value is -2.83. The van der Waals surface area contributed by atoms with Crippen LogP contribution in [0.5, 0.6) is 0 Å². The van der Waals surface area contributed by atoms with Crippen molar-refractivity contribution in [3.05, 3.63) is 36.4 Å². The van der Waals surface area contributed by atoms with Crippen molar-refractivity contribution < 1.29 is 9.90 Å². The first-order chi connectivity index (χ1) is 12.5. The molecular weight excluding hydrogens is 330 g/mol. The second kappa shape index (κ2) is 6.48. The lowest BCUT2D eigenvalue weighted by molar-refractivity contribution is -0.138. The fourth-order valence-electron chi connectivity index (χ4n) is 3.99. The number of fused-ring (bicyclic) bond motifs is 1. The lowest BCUT2D eigenvalue weighted by Crippen LogP contribution is -2.17. The van der Waals surface area contributed by atoms with Gasteiger partial charge in [0, 0.05) is 54.7 Å². The van der Waals surface area contributed by atoms with Crippen LogP contribution in [-0.2, 0) is 11.8 Å². The molecule has 7 nitrogen and oxygen atoms in total. The lowest BCUT2D eigenvalue weighted by atomic mass is 9.79. The second-order valence-corrected chi connectivity index (χ2v) is 7.28. The van der Waals surface area contributed by atoms with Crippen LogP contribution >= 0.6 is 0 Å². The summed E-state index contributed by atoms with van der Waals surface area (Å²) in [6, 6.07) is 3.95. The van der Waals surface area contributed by atoms with Gasteiger partial charge >= 0.3 is 5.97 Å². The summed E-state index contributed by atoms with van der Waals surface area (Å²) >= 11 is 0. The summed E-state index contributed by atoms with van der Waals surface area (Å²) in [7, 11) is 1.98. The van der Waals surface area contributed by atoms with Crippen LogP contribution < -0.4 is 5.73 Å². The number of carboxylic acids is 1. The largest absolute Gasteiger partial charge is 0.481 e. The number of hydrogen-bond acceptors (Lipinski definition) is 4. The summed E-state index contributed by atoms with van der Waals surface area (Å²) in [6.45, 7) is 0. The highest BCUT2D eigenvalue weighted by molar-refractivity contribution is 5.77. The van der Waals surface area contributed by atoms with E-state index in [1.54, 1.807) is 4.52 Å². The fraction of sp³-hybridized carbons (Fsp3) is 0.421. The van der Waals surface area contributed by atoms with Crippen molar-refractivity contribution in [2.45, 2.75) is 38.0 Å². The number of nitrogen functional groups attached to an aromatic ring is 1. The minimum atomic E-state index is -0.705. The van der Waals surface area contributed by atoms with Gasteiger partial charge in [-0.15, -0.1) is 0 Å². The van der Waals surface area contributed by atoms with E-state index in [-0.39, 0.29) is 12.3 Å². The molecule has 136 valence electrons. The van der Waals surface area contributed by atoms with Crippen LogP contribution in [-0.4, -0.2) is 30.2 Å². The van der Waals surface area contributed by atoms with E-state index in [9.17, 15) is 4.79 Å². The Bertz CT molecular complexity index is 950. The molecule has 26 heavy (non-hydrogen) atoms. The van der Waals surface area contributed by atoms with E-state index in [0.29, 0.717) is 11.7 Å². The van der Waals surface area contributed by atoms with Gasteiger partial charge in [0.25, 0.3) is 0 Å². The molecular formula is C19H23N5O2. The van der Waals surface area contributed by atoms with Crippen LogP contribution in [0, 0.1) is 5.92 Å². The number of hydrogen-bond donors (Lipinski definition) is 2. The average Bonchev–Trinajstić information content (AvgIpc) is 3.21. The fourth-order valence-corrected chi connectivity index (χ4v) is 3.99. The third-order valence-corrected chi connectivity index (χ3v) is 5.39. The average molecular weight is 353 g/mol. The van der Waals surface area contributed by atoms with E-state index in [0.717, 1.165) is 48.2 Å². The van der Waals surface area contributed by atoms with Crippen molar-refractivity contribution >= 4 is 17.4 Å². The first-order valence-electron chi connectivity index (χ1n) is 8.99. The molecule has 7 heteroatoms. The van der Waals surface area contributed by atoms with Crippen LogP contribution in [0.3, 0.4) is 0 Å². The minimum Gasteiger partial charge on any atom is -0.481 e. The molecule has 1 saturated carbocycles. The monoisotopic (exact) mass is 353 g/mol. The van der Waals surface area contributed by atoms with Gasteiger partial charge in [-0.1, -0.05) is 0 Å². The summed E-state index contributed by atoms with van der Waals surface area (Å²) in [5.41, 5.74) is 10.0. The molecule has 1 fully saturated rings. The molecule has 0 aromatic carbocycles. The molecule has 0 atom stereocenters. The van der Waals surface area contributed by atoms with Crippen molar-refractivity contribution in [2.75, 3.05) is 5.73 Å². The number of rotatable bonds is 4. The molecule has 3 heterocycles. The number of anilines is 1. The summed E-state index contributed by atoms with van der Waals surface area (Å²) in [5, 5.41) is 13.4. The highest BCUT2D eigenvalue weighted by Crippen LogP contribution is 2.37. The smallest absolute Gasteiger partial charge is 0.303 e. The number of nitrogens with two attached hydrogens (primary N) is 1. The summed E-state index contributed by atoms with van der Waals surface area (Å²) in [6.07, 6.45) is 9.87. The predicted molar refractivity (Wildman–Crippen MR) is 98.8 cm³/mol. The van der Waals surface area contributed by atoms with Crippen LogP contribution in [0.2, 0.25) is 0 Å². The van der Waals surface area contributed by atoms with Gasteiger partial charge in [0.1, 0.15) is 5.82 Å². The van der Waals surface area contributed by atoms with Crippen molar-refractivity contribution in [3.8, 4) is 11.1 Å². The molecule has 3 N–H and O–H groups in total. The van der Waals surface area contributed by atoms with Crippen molar-refractivity contribution in [2.24, 2.45) is 13.0 Å².